The van der Waals surface area contributed by atoms with Gasteiger partial charge in [0.1, 0.15) is 0 Å². The van der Waals surface area contributed by atoms with E-state index in [1.54, 1.807) is 7.11 Å². The molecule has 6 heteroatoms. The van der Waals surface area contributed by atoms with Crippen molar-refractivity contribution in [3.05, 3.63) is 58.8 Å². The standard InChI is InChI=1S/C25H32N4O2/c1-31-24-6-2-4-21(27-24)17-28-12-9-18(10-13-28)19-7-8-23-20(14-19)16-29(25(23)30)22-5-3-11-26-15-22/h2,4,6-8,14,18,22,26H,3,5,9-13,15-17H2,1H3. The molecule has 1 aromatic carbocycles. The molecule has 2 fully saturated rings. The predicted octanol–water partition coefficient (Wildman–Crippen LogP) is 3.18. The number of benzene rings is 1. The van der Waals surface area contributed by atoms with Gasteiger partial charge in [0, 0.05) is 37.3 Å². The Balaban J connectivity index is 1.20. The fourth-order valence-electron chi connectivity index (χ4n) is 5.32. The van der Waals surface area contributed by atoms with Crippen LogP contribution >= 0.6 is 0 Å². The Hall–Kier alpha value is -2.44. The number of methoxy groups -OCH3 is 1. The highest BCUT2D eigenvalue weighted by atomic mass is 16.5. The summed E-state index contributed by atoms with van der Waals surface area (Å²) < 4.78 is 5.25. The van der Waals surface area contributed by atoms with E-state index in [0.29, 0.717) is 17.8 Å². The van der Waals surface area contributed by atoms with Crippen LogP contribution in [0.3, 0.4) is 0 Å². The first kappa shape index (κ1) is 20.5. The summed E-state index contributed by atoms with van der Waals surface area (Å²) in [7, 11) is 1.66. The van der Waals surface area contributed by atoms with Gasteiger partial charge in [-0.1, -0.05) is 18.2 Å². The number of piperidine rings is 2. The molecule has 6 nitrogen and oxygen atoms in total. The number of aromatic nitrogens is 1. The highest BCUT2D eigenvalue weighted by Crippen LogP contribution is 2.33. The molecule has 3 aliphatic heterocycles. The van der Waals surface area contributed by atoms with E-state index in [2.05, 4.69) is 44.4 Å². The largest absolute Gasteiger partial charge is 0.481 e. The molecule has 1 amide bonds. The maximum Gasteiger partial charge on any atom is 0.254 e. The lowest BCUT2D eigenvalue weighted by Gasteiger charge is -2.32. The third kappa shape index (κ3) is 4.32. The monoisotopic (exact) mass is 420 g/mol. The topological polar surface area (TPSA) is 57.7 Å². The van der Waals surface area contributed by atoms with Gasteiger partial charge in [0.05, 0.1) is 12.8 Å². The highest BCUT2D eigenvalue weighted by molar-refractivity contribution is 5.98. The summed E-state index contributed by atoms with van der Waals surface area (Å²) in [6, 6.07) is 12.9. The van der Waals surface area contributed by atoms with Gasteiger partial charge >= 0.3 is 0 Å². The number of amides is 1. The first-order chi connectivity index (χ1) is 15.2. The van der Waals surface area contributed by atoms with Crippen molar-refractivity contribution >= 4 is 5.91 Å². The molecule has 2 aromatic rings. The molecular formula is C25H32N4O2. The van der Waals surface area contributed by atoms with E-state index in [9.17, 15) is 4.79 Å². The lowest BCUT2D eigenvalue weighted by Crippen LogP contribution is -2.46. The van der Waals surface area contributed by atoms with Crippen molar-refractivity contribution in [2.75, 3.05) is 33.3 Å². The minimum atomic E-state index is 0.218. The molecule has 4 heterocycles. The number of hydrogen-bond acceptors (Lipinski definition) is 5. The Bertz CT molecular complexity index is 933. The van der Waals surface area contributed by atoms with Crippen LogP contribution in [0.1, 0.15) is 58.8 Å². The normalized spacial score (nSPS) is 22.5. The Morgan fingerprint density at radius 3 is 2.81 bits per heavy atom. The molecule has 0 spiro atoms. The van der Waals surface area contributed by atoms with Crippen LogP contribution in [-0.4, -0.2) is 60.0 Å². The fourth-order valence-corrected chi connectivity index (χ4v) is 5.32. The molecule has 164 valence electrons. The number of carbonyl (C=O) groups is 1. The van der Waals surface area contributed by atoms with E-state index in [4.69, 9.17) is 4.74 Å². The number of fused-ring (bicyclic) bond motifs is 1. The maximum absolute atomic E-state index is 12.9. The van der Waals surface area contributed by atoms with Crippen molar-refractivity contribution in [3.63, 3.8) is 0 Å². The van der Waals surface area contributed by atoms with Gasteiger partial charge in [-0.05, 0) is 74.5 Å². The van der Waals surface area contributed by atoms with E-state index < -0.39 is 0 Å². The van der Waals surface area contributed by atoms with Crippen LogP contribution in [0, 0.1) is 0 Å². The van der Waals surface area contributed by atoms with Crippen LogP contribution in [0.15, 0.2) is 36.4 Å². The Labute approximate surface area is 184 Å². The summed E-state index contributed by atoms with van der Waals surface area (Å²) in [4.78, 5) is 22.0. The second-order valence-electron chi connectivity index (χ2n) is 9.07. The van der Waals surface area contributed by atoms with Gasteiger partial charge in [-0.25, -0.2) is 4.98 Å². The summed E-state index contributed by atoms with van der Waals surface area (Å²) in [6.45, 7) is 5.77. The van der Waals surface area contributed by atoms with Gasteiger partial charge in [0.2, 0.25) is 5.88 Å². The number of nitrogens with one attached hydrogen (secondary N) is 1. The van der Waals surface area contributed by atoms with Crippen molar-refractivity contribution in [3.8, 4) is 5.88 Å². The molecule has 5 rings (SSSR count). The number of carbonyl (C=O) groups excluding carboxylic acids is 1. The molecule has 1 aromatic heterocycles. The zero-order valence-corrected chi connectivity index (χ0v) is 18.3. The van der Waals surface area contributed by atoms with E-state index in [0.717, 1.165) is 76.2 Å². The van der Waals surface area contributed by atoms with Gasteiger partial charge < -0.3 is 15.0 Å². The van der Waals surface area contributed by atoms with E-state index in [1.807, 2.05) is 12.1 Å². The zero-order valence-electron chi connectivity index (χ0n) is 18.3. The molecule has 0 saturated carbocycles. The summed E-state index contributed by atoms with van der Waals surface area (Å²) in [5.41, 5.74) is 4.59. The van der Waals surface area contributed by atoms with Crippen LogP contribution < -0.4 is 10.1 Å². The van der Waals surface area contributed by atoms with Crippen molar-refractivity contribution in [1.82, 2.24) is 20.1 Å². The molecule has 1 unspecified atom stereocenters. The summed E-state index contributed by atoms with van der Waals surface area (Å²) in [5, 5.41) is 3.44. The molecule has 1 atom stereocenters. The van der Waals surface area contributed by atoms with Gasteiger partial charge in [0.25, 0.3) is 5.91 Å². The van der Waals surface area contributed by atoms with Gasteiger partial charge in [-0.15, -0.1) is 0 Å². The zero-order chi connectivity index (χ0) is 21.2. The third-order valence-electron chi connectivity index (χ3n) is 7.11. The molecule has 0 aliphatic carbocycles. The SMILES string of the molecule is COc1cccc(CN2CCC(c3ccc4c(c3)CN(C3CCCNC3)C4=O)CC2)n1. The van der Waals surface area contributed by atoms with Gasteiger partial charge in [-0.2, -0.15) is 0 Å². The molecule has 3 aliphatic rings. The van der Waals surface area contributed by atoms with E-state index in [-0.39, 0.29) is 5.91 Å². The second-order valence-corrected chi connectivity index (χ2v) is 9.07. The number of hydrogen-bond donors (Lipinski definition) is 1. The number of ether oxygens (including phenoxy) is 1. The minimum Gasteiger partial charge on any atom is -0.481 e. The third-order valence-corrected chi connectivity index (χ3v) is 7.11. The Morgan fingerprint density at radius 1 is 1.16 bits per heavy atom. The van der Waals surface area contributed by atoms with Crippen molar-refractivity contribution < 1.29 is 9.53 Å². The van der Waals surface area contributed by atoms with Crippen molar-refractivity contribution in [2.24, 2.45) is 0 Å². The molecule has 1 N–H and O–H groups in total. The van der Waals surface area contributed by atoms with Crippen LogP contribution in [-0.2, 0) is 13.1 Å². The number of nitrogens with zero attached hydrogens (tertiary/aromatic N) is 3. The number of likely N-dealkylation sites (tertiary alicyclic amines) is 1. The van der Waals surface area contributed by atoms with E-state index in [1.165, 1.54) is 11.1 Å². The molecule has 0 radical (unpaired) electrons. The summed E-state index contributed by atoms with van der Waals surface area (Å²) >= 11 is 0. The van der Waals surface area contributed by atoms with Crippen LogP contribution in [0.2, 0.25) is 0 Å². The van der Waals surface area contributed by atoms with Crippen molar-refractivity contribution in [2.45, 2.75) is 50.7 Å². The Kier molecular flexibility index (Phi) is 5.92. The average molecular weight is 421 g/mol. The lowest BCUT2D eigenvalue weighted by atomic mass is 9.88. The number of pyridine rings is 1. The first-order valence-corrected chi connectivity index (χ1v) is 11.6. The fraction of sp³-hybridized carbons (Fsp3) is 0.520. The smallest absolute Gasteiger partial charge is 0.254 e. The number of rotatable bonds is 5. The van der Waals surface area contributed by atoms with Crippen molar-refractivity contribution in [1.29, 1.82) is 0 Å². The maximum atomic E-state index is 12.9. The van der Waals surface area contributed by atoms with Gasteiger partial charge in [-0.3, -0.25) is 9.69 Å². The summed E-state index contributed by atoms with van der Waals surface area (Å²) in [6.07, 6.45) is 4.56. The highest BCUT2D eigenvalue weighted by Gasteiger charge is 2.34. The minimum absolute atomic E-state index is 0.218. The lowest BCUT2D eigenvalue weighted by molar-refractivity contribution is 0.0674. The molecule has 0 bridgehead atoms. The van der Waals surface area contributed by atoms with Crippen LogP contribution in [0.25, 0.3) is 0 Å². The average Bonchev–Trinajstić information content (AvgIpc) is 3.16. The van der Waals surface area contributed by atoms with Crippen LogP contribution in [0.5, 0.6) is 5.88 Å². The van der Waals surface area contributed by atoms with Crippen LogP contribution in [0.4, 0.5) is 0 Å². The predicted molar refractivity (Wildman–Crippen MR) is 120 cm³/mol. The molecule has 31 heavy (non-hydrogen) atoms. The second kappa shape index (κ2) is 8.97. The van der Waals surface area contributed by atoms with E-state index >= 15 is 0 Å². The molecule has 2 saturated heterocycles. The quantitative estimate of drug-likeness (QED) is 0.805. The first-order valence-electron chi connectivity index (χ1n) is 11.6. The summed E-state index contributed by atoms with van der Waals surface area (Å²) in [5.74, 6) is 1.47. The van der Waals surface area contributed by atoms with Gasteiger partial charge in [0.15, 0.2) is 0 Å². The molecular weight excluding hydrogens is 388 g/mol. The Morgan fingerprint density at radius 2 is 2.03 bits per heavy atom.